The summed E-state index contributed by atoms with van der Waals surface area (Å²) in [5.41, 5.74) is 0.909. The minimum absolute atomic E-state index is 0.0921. The first-order valence-corrected chi connectivity index (χ1v) is 6.25. The molecule has 0 bridgehead atoms. The third-order valence-electron chi connectivity index (χ3n) is 2.46. The Balaban J connectivity index is 2.33. The standard InChI is InChI=1S/C11H8FN3O4S/c12-8-2-9(13-3-6-4-20-5-14-6)10(15(18)19)1-7(8)11(16)17/h1-2,4-5,13H,3H2,(H,16,17). The van der Waals surface area contributed by atoms with E-state index in [1.165, 1.54) is 11.3 Å². The molecule has 0 saturated carbocycles. The zero-order chi connectivity index (χ0) is 14.7. The first-order valence-electron chi connectivity index (χ1n) is 5.31. The number of halogens is 1. The van der Waals surface area contributed by atoms with Crippen molar-refractivity contribution in [2.45, 2.75) is 6.54 Å². The molecular formula is C11H8FN3O4S. The largest absolute Gasteiger partial charge is 0.478 e. The highest BCUT2D eigenvalue weighted by Gasteiger charge is 2.21. The number of nitrogens with zero attached hydrogens (tertiary/aromatic N) is 2. The van der Waals surface area contributed by atoms with E-state index in [1.54, 1.807) is 10.9 Å². The fraction of sp³-hybridized carbons (Fsp3) is 0.0909. The molecule has 2 N–H and O–H groups in total. The van der Waals surface area contributed by atoms with Gasteiger partial charge in [0.2, 0.25) is 0 Å². The number of carbonyl (C=O) groups is 1. The highest BCUT2D eigenvalue weighted by Crippen LogP contribution is 2.28. The number of carboxylic acids is 1. The summed E-state index contributed by atoms with van der Waals surface area (Å²) in [5, 5.41) is 24.1. The van der Waals surface area contributed by atoms with Crippen LogP contribution in [-0.4, -0.2) is 21.0 Å². The summed E-state index contributed by atoms with van der Waals surface area (Å²) in [7, 11) is 0. The Morgan fingerprint density at radius 2 is 2.30 bits per heavy atom. The number of aromatic nitrogens is 1. The Bertz CT molecular complexity index is 660. The van der Waals surface area contributed by atoms with E-state index in [9.17, 15) is 19.3 Å². The average Bonchev–Trinajstić information content (AvgIpc) is 2.88. The highest BCUT2D eigenvalue weighted by molar-refractivity contribution is 7.07. The van der Waals surface area contributed by atoms with Crippen molar-refractivity contribution in [1.29, 1.82) is 0 Å². The molecule has 1 aromatic heterocycles. The maximum Gasteiger partial charge on any atom is 0.338 e. The number of anilines is 1. The van der Waals surface area contributed by atoms with Crippen molar-refractivity contribution in [3.8, 4) is 0 Å². The van der Waals surface area contributed by atoms with Crippen LogP contribution in [0.4, 0.5) is 15.8 Å². The van der Waals surface area contributed by atoms with Gasteiger partial charge < -0.3 is 10.4 Å². The van der Waals surface area contributed by atoms with Gasteiger partial charge in [0.25, 0.3) is 5.69 Å². The molecule has 0 amide bonds. The summed E-state index contributed by atoms with van der Waals surface area (Å²) in [6, 6.07) is 1.50. The van der Waals surface area contributed by atoms with E-state index < -0.39 is 28.0 Å². The third-order valence-corrected chi connectivity index (χ3v) is 3.09. The van der Waals surface area contributed by atoms with Crippen molar-refractivity contribution in [1.82, 2.24) is 4.98 Å². The van der Waals surface area contributed by atoms with Crippen LogP contribution in [0.3, 0.4) is 0 Å². The Hall–Kier alpha value is -2.55. The van der Waals surface area contributed by atoms with Crippen molar-refractivity contribution < 1.29 is 19.2 Å². The van der Waals surface area contributed by atoms with E-state index in [4.69, 9.17) is 5.11 Å². The Labute approximate surface area is 115 Å². The molecule has 0 spiro atoms. The molecule has 2 rings (SSSR count). The van der Waals surface area contributed by atoms with E-state index >= 15 is 0 Å². The molecule has 0 unspecified atom stereocenters. The van der Waals surface area contributed by atoms with Crippen molar-refractivity contribution >= 4 is 28.7 Å². The van der Waals surface area contributed by atoms with Crippen LogP contribution in [-0.2, 0) is 6.54 Å². The van der Waals surface area contributed by atoms with Crippen LogP contribution < -0.4 is 5.32 Å². The number of carboxylic acid groups (broad SMARTS) is 1. The van der Waals surface area contributed by atoms with Gasteiger partial charge >= 0.3 is 5.97 Å². The lowest BCUT2D eigenvalue weighted by Crippen LogP contribution is -2.07. The molecule has 20 heavy (non-hydrogen) atoms. The van der Waals surface area contributed by atoms with Gasteiger partial charge in [-0.3, -0.25) is 10.1 Å². The monoisotopic (exact) mass is 297 g/mol. The van der Waals surface area contributed by atoms with Crippen LogP contribution >= 0.6 is 11.3 Å². The van der Waals surface area contributed by atoms with Crippen LogP contribution in [0.5, 0.6) is 0 Å². The minimum Gasteiger partial charge on any atom is -0.478 e. The Morgan fingerprint density at radius 1 is 1.55 bits per heavy atom. The van der Waals surface area contributed by atoms with Gasteiger partial charge in [-0.05, 0) is 0 Å². The summed E-state index contributed by atoms with van der Waals surface area (Å²) < 4.78 is 13.6. The third kappa shape index (κ3) is 2.88. The number of rotatable bonds is 5. The van der Waals surface area contributed by atoms with Crippen LogP contribution in [0.1, 0.15) is 16.1 Å². The van der Waals surface area contributed by atoms with Gasteiger partial charge in [-0.1, -0.05) is 0 Å². The van der Waals surface area contributed by atoms with Crippen molar-refractivity contribution in [2.24, 2.45) is 0 Å². The molecule has 0 fully saturated rings. The summed E-state index contributed by atoms with van der Waals surface area (Å²) in [4.78, 5) is 24.9. The topological polar surface area (TPSA) is 105 Å². The first kappa shape index (κ1) is 13.9. The van der Waals surface area contributed by atoms with Gasteiger partial charge in [0, 0.05) is 17.5 Å². The van der Waals surface area contributed by atoms with Crippen LogP contribution in [0.25, 0.3) is 0 Å². The van der Waals surface area contributed by atoms with Gasteiger partial charge in [-0.25, -0.2) is 14.2 Å². The predicted molar refractivity (Wildman–Crippen MR) is 69.5 cm³/mol. The van der Waals surface area contributed by atoms with Crippen molar-refractivity contribution in [2.75, 3.05) is 5.32 Å². The highest BCUT2D eigenvalue weighted by atomic mass is 32.1. The number of aromatic carboxylic acids is 1. The average molecular weight is 297 g/mol. The Morgan fingerprint density at radius 3 is 2.85 bits per heavy atom. The molecule has 0 atom stereocenters. The second-order valence-electron chi connectivity index (χ2n) is 3.74. The number of nitro groups is 1. The van der Waals surface area contributed by atoms with Gasteiger partial charge in [0.15, 0.2) is 0 Å². The number of hydrogen-bond acceptors (Lipinski definition) is 6. The number of benzene rings is 1. The molecule has 0 aliphatic carbocycles. The molecule has 0 aliphatic heterocycles. The van der Waals surface area contributed by atoms with Gasteiger partial charge in [0.05, 0.1) is 22.7 Å². The number of nitro benzene ring substituents is 1. The lowest BCUT2D eigenvalue weighted by atomic mass is 10.1. The molecule has 0 saturated heterocycles. The summed E-state index contributed by atoms with van der Waals surface area (Å²) in [6.45, 7) is 0.177. The smallest absolute Gasteiger partial charge is 0.338 e. The van der Waals surface area contributed by atoms with E-state index in [-0.39, 0.29) is 12.2 Å². The van der Waals surface area contributed by atoms with E-state index in [0.29, 0.717) is 11.8 Å². The van der Waals surface area contributed by atoms with E-state index in [1.807, 2.05) is 0 Å². The summed E-state index contributed by atoms with van der Waals surface area (Å²) >= 11 is 1.36. The fourth-order valence-electron chi connectivity index (χ4n) is 1.53. The van der Waals surface area contributed by atoms with Gasteiger partial charge in [-0.2, -0.15) is 0 Å². The van der Waals surface area contributed by atoms with Gasteiger partial charge in [-0.15, -0.1) is 11.3 Å². The second kappa shape index (κ2) is 5.61. The molecule has 2 aromatic rings. The fourth-order valence-corrected chi connectivity index (χ4v) is 2.09. The van der Waals surface area contributed by atoms with E-state index in [2.05, 4.69) is 10.3 Å². The molecule has 7 nitrogen and oxygen atoms in total. The molecular weight excluding hydrogens is 289 g/mol. The minimum atomic E-state index is -1.56. The SMILES string of the molecule is O=C(O)c1cc([N+](=O)[O-])c(NCc2cscn2)cc1F. The van der Waals surface area contributed by atoms with Crippen LogP contribution in [0.2, 0.25) is 0 Å². The van der Waals surface area contributed by atoms with Crippen LogP contribution in [0.15, 0.2) is 23.0 Å². The maximum atomic E-state index is 13.6. The predicted octanol–water partition coefficient (Wildman–Crippen LogP) is 2.50. The molecule has 0 aliphatic rings. The molecule has 1 aromatic carbocycles. The lowest BCUT2D eigenvalue weighted by molar-refractivity contribution is -0.384. The lowest BCUT2D eigenvalue weighted by Gasteiger charge is -2.07. The van der Waals surface area contributed by atoms with Gasteiger partial charge in [0.1, 0.15) is 17.1 Å². The van der Waals surface area contributed by atoms with E-state index in [0.717, 1.165) is 6.07 Å². The number of nitrogens with one attached hydrogen (secondary N) is 1. The zero-order valence-electron chi connectivity index (χ0n) is 9.87. The molecule has 0 radical (unpaired) electrons. The second-order valence-corrected chi connectivity index (χ2v) is 4.46. The summed E-state index contributed by atoms with van der Waals surface area (Å²) in [6.07, 6.45) is 0. The molecule has 104 valence electrons. The quantitative estimate of drug-likeness (QED) is 0.649. The van der Waals surface area contributed by atoms with Crippen molar-refractivity contribution in [3.63, 3.8) is 0 Å². The Kier molecular flexibility index (Phi) is 3.89. The number of hydrogen-bond donors (Lipinski definition) is 2. The maximum absolute atomic E-state index is 13.6. The molecule has 9 heteroatoms. The zero-order valence-corrected chi connectivity index (χ0v) is 10.7. The summed E-state index contributed by atoms with van der Waals surface area (Å²) in [5.74, 6) is -2.60. The van der Waals surface area contributed by atoms with Crippen molar-refractivity contribution in [3.05, 3.63) is 50.2 Å². The normalized spacial score (nSPS) is 10.2. The molecule has 1 heterocycles. The number of thiazole rings is 1. The van der Waals surface area contributed by atoms with Crippen LogP contribution in [0, 0.1) is 15.9 Å². The first-order chi connectivity index (χ1) is 9.49.